The summed E-state index contributed by atoms with van der Waals surface area (Å²) in [6, 6.07) is 0. The molecule has 1 aliphatic heterocycles. The molecule has 0 aromatic carbocycles. The van der Waals surface area contributed by atoms with Crippen LogP contribution in [0.15, 0.2) is 11.8 Å². The number of rotatable bonds is 1. The second-order valence-corrected chi connectivity index (χ2v) is 1.96. The SMILES string of the molecule is CNC1=CC(=O)NCC1. The molecule has 0 aliphatic carbocycles. The predicted octanol–water partition coefficient (Wildman–Crippen LogP) is -0.390. The molecule has 50 valence electrons. The Morgan fingerprint density at radius 1 is 1.78 bits per heavy atom. The molecular formula is C6H10N2O. The van der Waals surface area contributed by atoms with E-state index in [0.717, 1.165) is 18.7 Å². The third-order valence-electron chi connectivity index (χ3n) is 1.32. The molecule has 1 amide bonds. The molecular weight excluding hydrogens is 116 g/mol. The van der Waals surface area contributed by atoms with Gasteiger partial charge in [-0.2, -0.15) is 0 Å². The molecule has 9 heavy (non-hydrogen) atoms. The maximum atomic E-state index is 10.6. The van der Waals surface area contributed by atoms with E-state index in [1.165, 1.54) is 0 Å². The highest BCUT2D eigenvalue weighted by atomic mass is 16.1. The first-order valence-electron chi connectivity index (χ1n) is 2.99. The van der Waals surface area contributed by atoms with E-state index in [9.17, 15) is 4.79 Å². The molecule has 0 aromatic heterocycles. The molecule has 3 heteroatoms. The molecule has 0 spiro atoms. The van der Waals surface area contributed by atoms with Crippen LogP contribution in [0.3, 0.4) is 0 Å². The Morgan fingerprint density at radius 2 is 2.56 bits per heavy atom. The van der Waals surface area contributed by atoms with Crippen molar-refractivity contribution < 1.29 is 4.79 Å². The van der Waals surface area contributed by atoms with E-state index < -0.39 is 0 Å². The number of hydrogen-bond donors (Lipinski definition) is 2. The van der Waals surface area contributed by atoms with E-state index in [0.29, 0.717) is 0 Å². The van der Waals surface area contributed by atoms with Crippen molar-refractivity contribution in [2.75, 3.05) is 13.6 Å². The standard InChI is InChI=1S/C6H10N2O/c1-7-5-2-3-8-6(9)4-5/h4,7H,2-3H2,1H3,(H,8,9). The molecule has 0 radical (unpaired) electrons. The van der Waals surface area contributed by atoms with Crippen LogP contribution < -0.4 is 10.6 Å². The molecule has 1 rings (SSSR count). The average molecular weight is 126 g/mol. The maximum absolute atomic E-state index is 10.6. The maximum Gasteiger partial charge on any atom is 0.245 e. The topological polar surface area (TPSA) is 41.1 Å². The summed E-state index contributed by atoms with van der Waals surface area (Å²) in [5.41, 5.74) is 1.01. The van der Waals surface area contributed by atoms with Gasteiger partial charge >= 0.3 is 0 Å². The van der Waals surface area contributed by atoms with Crippen LogP contribution in [0.2, 0.25) is 0 Å². The number of nitrogens with one attached hydrogen (secondary N) is 2. The van der Waals surface area contributed by atoms with Crippen molar-refractivity contribution in [3.05, 3.63) is 11.8 Å². The summed E-state index contributed by atoms with van der Waals surface area (Å²) in [6.45, 7) is 0.755. The van der Waals surface area contributed by atoms with Gasteiger partial charge in [0.1, 0.15) is 0 Å². The van der Waals surface area contributed by atoms with E-state index in [-0.39, 0.29) is 5.91 Å². The number of carbonyl (C=O) groups excluding carboxylic acids is 1. The van der Waals surface area contributed by atoms with Crippen molar-refractivity contribution in [2.45, 2.75) is 6.42 Å². The first kappa shape index (κ1) is 6.13. The van der Waals surface area contributed by atoms with E-state index >= 15 is 0 Å². The quantitative estimate of drug-likeness (QED) is 0.502. The summed E-state index contributed by atoms with van der Waals surface area (Å²) in [5, 5.41) is 5.63. The second-order valence-electron chi connectivity index (χ2n) is 1.96. The van der Waals surface area contributed by atoms with Crippen LogP contribution in [0.1, 0.15) is 6.42 Å². The van der Waals surface area contributed by atoms with Crippen molar-refractivity contribution in [1.29, 1.82) is 0 Å². The molecule has 0 atom stereocenters. The third kappa shape index (κ3) is 1.45. The van der Waals surface area contributed by atoms with Crippen molar-refractivity contribution in [2.24, 2.45) is 0 Å². The summed E-state index contributed by atoms with van der Waals surface area (Å²) >= 11 is 0. The van der Waals surface area contributed by atoms with Crippen LogP contribution in [-0.4, -0.2) is 19.5 Å². The Hall–Kier alpha value is -0.990. The van der Waals surface area contributed by atoms with Gasteiger partial charge in [-0.25, -0.2) is 0 Å². The van der Waals surface area contributed by atoms with E-state index in [4.69, 9.17) is 0 Å². The summed E-state index contributed by atoms with van der Waals surface area (Å²) in [5.74, 6) is 0.00519. The molecule has 0 saturated heterocycles. The normalized spacial score (nSPS) is 18.3. The van der Waals surface area contributed by atoms with Gasteiger partial charge in [-0.05, 0) is 0 Å². The monoisotopic (exact) mass is 126 g/mol. The smallest absolute Gasteiger partial charge is 0.245 e. The van der Waals surface area contributed by atoms with Crippen LogP contribution in [0.25, 0.3) is 0 Å². The molecule has 0 saturated carbocycles. The fourth-order valence-corrected chi connectivity index (χ4v) is 0.799. The first-order valence-corrected chi connectivity index (χ1v) is 2.99. The fraction of sp³-hybridized carbons (Fsp3) is 0.500. The Morgan fingerprint density at radius 3 is 3.00 bits per heavy atom. The molecule has 0 unspecified atom stereocenters. The van der Waals surface area contributed by atoms with Gasteiger partial charge in [-0.1, -0.05) is 0 Å². The van der Waals surface area contributed by atoms with Gasteiger partial charge in [0, 0.05) is 31.8 Å². The lowest BCUT2D eigenvalue weighted by Gasteiger charge is -2.12. The minimum atomic E-state index is 0.00519. The summed E-state index contributed by atoms with van der Waals surface area (Å²) in [7, 11) is 1.82. The lowest BCUT2D eigenvalue weighted by Crippen LogP contribution is -2.29. The van der Waals surface area contributed by atoms with E-state index in [1.54, 1.807) is 6.08 Å². The largest absolute Gasteiger partial charge is 0.391 e. The minimum absolute atomic E-state index is 0.00519. The fourth-order valence-electron chi connectivity index (χ4n) is 0.799. The van der Waals surface area contributed by atoms with Gasteiger partial charge in [-0.3, -0.25) is 4.79 Å². The van der Waals surface area contributed by atoms with Gasteiger partial charge in [0.25, 0.3) is 0 Å². The lowest BCUT2D eigenvalue weighted by molar-refractivity contribution is -0.116. The van der Waals surface area contributed by atoms with Crippen molar-refractivity contribution in [3.63, 3.8) is 0 Å². The van der Waals surface area contributed by atoms with Crippen molar-refractivity contribution in [3.8, 4) is 0 Å². The summed E-state index contributed by atoms with van der Waals surface area (Å²) in [6.07, 6.45) is 2.51. The van der Waals surface area contributed by atoms with Crippen LogP contribution in [0, 0.1) is 0 Å². The first-order chi connectivity index (χ1) is 4.33. The zero-order valence-corrected chi connectivity index (χ0v) is 5.40. The van der Waals surface area contributed by atoms with Gasteiger partial charge < -0.3 is 10.6 Å². The Labute approximate surface area is 54.1 Å². The average Bonchev–Trinajstić information content (AvgIpc) is 1.88. The number of carbonyl (C=O) groups is 1. The van der Waals surface area contributed by atoms with Gasteiger partial charge in [-0.15, -0.1) is 0 Å². The van der Waals surface area contributed by atoms with Crippen LogP contribution in [0.4, 0.5) is 0 Å². The second kappa shape index (κ2) is 2.53. The molecule has 1 aliphatic rings. The van der Waals surface area contributed by atoms with Crippen molar-refractivity contribution >= 4 is 5.91 Å². The Balaban J connectivity index is 2.59. The van der Waals surface area contributed by atoms with E-state index in [1.807, 2.05) is 7.05 Å². The molecule has 3 nitrogen and oxygen atoms in total. The van der Waals surface area contributed by atoms with Crippen LogP contribution >= 0.6 is 0 Å². The lowest BCUT2D eigenvalue weighted by atomic mass is 10.2. The van der Waals surface area contributed by atoms with Gasteiger partial charge in [0.15, 0.2) is 0 Å². The van der Waals surface area contributed by atoms with Crippen LogP contribution in [-0.2, 0) is 4.79 Å². The summed E-state index contributed by atoms with van der Waals surface area (Å²) in [4.78, 5) is 10.6. The highest BCUT2D eigenvalue weighted by molar-refractivity contribution is 5.88. The molecule has 1 heterocycles. The van der Waals surface area contributed by atoms with Crippen LogP contribution in [0.5, 0.6) is 0 Å². The summed E-state index contributed by atoms with van der Waals surface area (Å²) < 4.78 is 0. The van der Waals surface area contributed by atoms with Gasteiger partial charge in [0.2, 0.25) is 5.91 Å². The minimum Gasteiger partial charge on any atom is -0.391 e. The predicted molar refractivity (Wildman–Crippen MR) is 34.8 cm³/mol. The third-order valence-corrected chi connectivity index (χ3v) is 1.32. The highest BCUT2D eigenvalue weighted by Gasteiger charge is 2.05. The van der Waals surface area contributed by atoms with Crippen molar-refractivity contribution in [1.82, 2.24) is 10.6 Å². The highest BCUT2D eigenvalue weighted by Crippen LogP contribution is 1.98. The van der Waals surface area contributed by atoms with Gasteiger partial charge in [0.05, 0.1) is 0 Å². The number of hydrogen-bond acceptors (Lipinski definition) is 2. The Kier molecular flexibility index (Phi) is 1.72. The molecule has 0 fully saturated rings. The molecule has 0 aromatic rings. The number of amides is 1. The molecule has 0 bridgehead atoms. The molecule has 2 N–H and O–H groups in total. The van der Waals surface area contributed by atoms with E-state index in [2.05, 4.69) is 10.6 Å². The zero-order chi connectivity index (χ0) is 6.69. The zero-order valence-electron chi connectivity index (χ0n) is 5.40. The Bertz CT molecular complexity index is 151.